The predicted molar refractivity (Wildman–Crippen MR) is 77.9 cm³/mol. The zero-order valence-corrected chi connectivity index (χ0v) is 12.4. The van der Waals surface area contributed by atoms with Crippen molar-refractivity contribution in [2.75, 3.05) is 23.4 Å². The van der Waals surface area contributed by atoms with Gasteiger partial charge in [0.05, 0.1) is 23.1 Å². The Morgan fingerprint density at radius 2 is 2.05 bits per heavy atom. The minimum atomic E-state index is -2.82. The molecule has 0 spiro atoms. The molecule has 0 unspecified atom stereocenters. The summed E-state index contributed by atoms with van der Waals surface area (Å²) < 4.78 is 28.1. The molecule has 0 bridgehead atoms. The van der Waals surface area contributed by atoms with E-state index in [9.17, 15) is 8.42 Å². The molecule has 6 heteroatoms. The topological polar surface area (TPSA) is 55.4 Å². The number of rotatable bonds is 4. The van der Waals surface area contributed by atoms with Crippen LogP contribution in [0.15, 0.2) is 18.2 Å². The van der Waals surface area contributed by atoms with Crippen LogP contribution in [0.4, 0.5) is 5.69 Å². The largest absolute Gasteiger partial charge is 0.492 e. The molecule has 1 aromatic carbocycles. The molecule has 1 aliphatic rings. The number of nitrogens with one attached hydrogen (secondary N) is 1. The van der Waals surface area contributed by atoms with E-state index in [0.29, 0.717) is 30.2 Å². The standard InChI is InChI=1S/C13H18ClNO3S/c1-2-18-13-4-3-11(9-12(13)14)15-10-5-7-19(16,17)8-6-10/h3-4,9-10,15H,2,5-8H2,1H3. The quantitative estimate of drug-likeness (QED) is 0.929. The van der Waals surface area contributed by atoms with Gasteiger partial charge in [0.1, 0.15) is 15.6 Å². The summed E-state index contributed by atoms with van der Waals surface area (Å²) in [6.07, 6.45) is 1.29. The van der Waals surface area contributed by atoms with Crippen LogP contribution in [0.1, 0.15) is 19.8 Å². The summed E-state index contributed by atoms with van der Waals surface area (Å²) in [5, 5.41) is 3.89. The molecule has 2 rings (SSSR count). The summed E-state index contributed by atoms with van der Waals surface area (Å²) in [4.78, 5) is 0. The number of halogens is 1. The Kier molecular flexibility index (Phi) is 4.58. The van der Waals surface area contributed by atoms with E-state index in [4.69, 9.17) is 16.3 Å². The maximum Gasteiger partial charge on any atom is 0.150 e. The van der Waals surface area contributed by atoms with Crippen LogP contribution < -0.4 is 10.1 Å². The third kappa shape index (κ3) is 4.01. The van der Waals surface area contributed by atoms with Gasteiger partial charge in [0.2, 0.25) is 0 Å². The monoisotopic (exact) mass is 303 g/mol. The molecule has 1 saturated heterocycles. The molecule has 1 fully saturated rings. The SMILES string of the molecule is CCOc1ccc(NC2CCS(=O)(=O)CC2)cc1Cl. The summed E-state index contributed by atoms with van der Waals surface area (Å²) in [6, 6.07) is 5.74. The van der Waals surface area contributed by atoms with Gasteiger partial charge in [-0.25, -0.2) is 8.42 Å². The number of anilines is 1. The van der Waals surface area contributed by atoms with E-state index in [2.05, 4.69) is 5.32 Å². The van der Waals surface area contributed by atoms with Crippen LogP contribution in [0, 0.1) is 0 Å². The van der Waals surface area contributed by atoms with E-state index in [0.717, 1.165) is 5.69 Å². The van der Waals surface area contributed by atoms with E-state index >= 15 is 0 Å². The van der Waals surface area contributed by atoms with Gasteiger partial charge in [-0.05, 0) is 38.0 Å². The Labute approximate surface area is 119 Å². The fraction of sp³-hybridized carbons (Fsp3) is 0.538. The average Bonchev–Trinajstić information content (AvgIpc) is 2.35. The van der Waals surface area contributed by atoms with Crippen molar-refractivity contribution in [3.8, 4) is 5.75 Å². The van der Waals surface area contributed by atoms with Gasteiger partial charge in [0.15, 0.2) is 0 Å². The van der Waals surface area contributed by atoms with Gasteiger partial charge >= 0.3 is 0 Å². The Morgan fingerprint density at radius 3 is 2.63 bits per heavy atom. The zero-order chi connectivity index (χ0) is 13.9. The molecular formula is C13H18ClNO3S. The summed E-state index contributed by atoms with van der Waals surface area (Å²) in [6.45, 7) is 2.48. The normalized spacial score (nSPS) is 19.1. The van der Waals surface area contributed by atoms with Crippen molar-refractivity contribution >= 4 is 27.1 Å². The molecule has 0 amide bonds. The molecule has 0 aromatic heterocycles. The molecule has 106 valence electrons. The molecule has 1 aliphatic heterocycles. The summed E-state index contributed by atoms with van der Waals surface area (Å²) in [5.41, 5.74) is 0.901. The number of ether oxygens (including phenoxy) is 1. The molecule has 1 N–H and O–H groups in total. The molecule has 0 aliphatic carbocycles. The Hall–Kier alpha value is -0.940. The van der Waals surface area contributed by atoms with Crippen molar-refractivity contribution in [1.29, 1.82) is 0 Å². The fourth-order valence-electron chi connectivity index (χ4n) is 2.13. The lowest BCUT2D eigenvalue weighted by atomic mass is 10.1. The van der Waals surface area contributed by atoms with E-state index in [1.165, 1.54) is 0 Å². The van der Waals surface area contributed by atoms with Gasteiger partial charge < -0.3 is 10.1 Å². The molecule has 4 nitrogen and oxygen atoms in total. The van der Waals surface area contributed by atoms with E-state index in [-0.39, 0.29) is 17.5 Å². The van der Waals surface area contributed by atoms with E-state index in [1.54, 1.807) is 0 Å². The first-order valence-electron chi connectivity index (χ1n) is 6.39. The summed E-state index contributed by atoms with van der Waals surface area (Å²) in [5.74, 6) is 1.19. The highest BCUT2D eigenvalue weighted by atomic mass is 35.5. The minimum absolute atomic E-state index is 0.192. The third-order valence-corrected chi connectivity index (χ3v) is 5.17. The maximum atomic E-state index is 11.4. The third-order valence-electron chi connectivity index (χ3n) is 3.16. The van der Waals surface area contributed by atoms with Gasteiger partial charge in [-0.1, -0.05) is 11.6 Å². The Balaban J connectivity index is 1.98. The second-order valence-electron chi connectivity index (χ2n) is 4.65. The van der Waals surface area contributed by atoms with Crippen molar-refractivity contribution in [3.63, 3.8) is 0 Å². The van der Waals surface area contributed by atoms with Crippen molar-refractivity contribution in [1.82, 2.24) is 0 Å². The second-order valence-corrected chi connectivity index (χ2v) is 7.36. The summed E-state index contributed by atoms with van der Waals surface area (Å²) in [7, 11) is -2.82. The first-order chi connectivity index (χ1) is 9.00. The minimum Gasteiger partial charge on any atom is -0.492 e. The lowest BCUT2D eigenvalue weighted by Crippen LogP contribution is -2.32. The second kappa shape index (κ2) is 6.01. The lowest BCUT2D eigenvalue weighted by molar-refractivity contribution is 0.340. The molecule has 1 heterocycles. The van der Waals surface area contributed by atoms with E-state index in [1.807, 2.05) is 25.1 Å². The highest BCUT2D eigenvalue weighted by molar-refractivity contribution is 7.91. The van der Waals surface area contributed by atoms with Crippen LogP contribution in [0.5, 0.6) is 5.75 Å². The maximum absolute atomic E-state index is 11.4. The average molecular weight is 304 g/mol. The van der Waals surface area contributed by atoms with Crippen LogP contribution in [0.3, 0.4) is 0 Å². The fourth-order valence-corrected chi connectivity index (χ4v) is 3.86. The van der Waals surface area contributed by atoms with Crippen molar-refractivity contribution in [2.24, 2.45) is 0 Å². The van der Waals surface area contributed by atoms with Crippen LogP contribution in [0.2, 0.25) is 5.02 Å². The lowest BCUT2D eigenvalue weighted by Gasteiger charge is -2.24. The number of sulfone groups is 1. The number of benzene rings is 1. The van der Waals surface area contributed by atoms with Crippen molar-refractivity contribution < 1.29 is 13.2 Å². The highest BCUT2D eigenvalue weighted by Crippen LogP contribution is 2.28. The van der Waals surface area contributed by atoms with Crippen molar-refractivity contribution in [2.45, 2.75) is 25.8 Å². The van der Waals surface area contributed by atoms with Crippen LogP contribution in [-0.2, 0) is 9.84 Å². The molecule has 0 saturated carbocycles. The predicted octanol–water partition coefficient (Wildman–Crippen LogP) is 2.73. The number of hydrogen-bond acceptors (Lipinski definition) is 4. The molecule has 1 aromatic rings. The van der Waals surface area contributed by atoms with Crippen LogP contribution >= 0.6 is 11.6 Å². The number of hydrogen-bond donors (Lipinski definition) is 1. The first-order valence-corrected chi connectivity index (χ1v) is 8.59. The van der Waals surface area contributed by atoms with Gasteiger partial charge in [-0.2, -0.15) is 0 Å². The molecular weight excluding hydrogens is 286 g/mol. The van der Waals surface area contributed by atoms with Gasteiger partial charge in [-0.15, -0.1) is 0 Å². The van der Waals surface area contributed by atoms with Crippen LogP contribution in [0.25, 0.3) is 0 Å². The van der Waals surface area contributed by atoms with Gasteiger partial charge in [0.25, 0.3) is 0 Å². The zero-order valence-electron chi connectivity index (χ0n) is 10.9. The van der Waals surface area contributed by atoms with Crippen LogP contribution in [-0.4, -0.2) is 32.6 Å². The highest BCUT2D eigenvalue weighted by Gasteiger charge is 2.23. The van der Waals surface area contributed by atoms with Gasteiger partial charge in [0, 0.05) is 11.7 Å². The summed E-state index contributed by atoms with van der Waals surface area (Å²) >= 11 is 6.11. The Bertz CT molecular complexity index is 531. The first kappa shape index (κ1) is 14.5. The van der Waals surface area contributed by atoms with E-state index < -0.39 is 9.84 Å². The Morgan fingerprint density at radius 1 is 1.37 bits per heavy atom. The van der Waals surface area contributed by atoms with Gasteiger partial charge in [-0.3, -0.25) is 0 Å². The molecule has 0 radical (unpaired) electrons. The molecule has 19 heavy (non-hydrogen) atoms. The van der Waals surface area contributed by atoms with Crippen molar-refractivity contribution in [3.05, 3.63) is 23.2 Å². The smallest absolute Gasteiger partial charge is 0.150 e. The molecule has 0 atom stereocenters.